The molecular formula is C10H8Cl2F3NO2. The number of hydrogen-bond acceptors (Lipinski definition) is 2. The van der Waals surface area contributed by atoms with E-state index in [4.69, 9.17) is 11.6 Å². The second-order valence-electron chi connectivity index (χ2n) is 3.53. The first kappa shape index (κ1) is 14.9. The van der Waals surface area contributed by atoms with Crippen molar-refractivity contribution in [1.29, 1.82) is 0 Å². The molecule has 1 aromatic rings. The van der Waals surface area contributed by atoms with Gasteiger partial charge in [-0.05, 0) is 17.7 Å². The minimum absolute atomic E-state index is 0. The van der Waals surface area contributed by atoms with Gasteiger partial charge in [0.25, 0.3) is 0 Å². The quantitative estimate of drug-likeness (QED) is 0.861. The molecule has 0 unspecified atom stereocenters. The van der Waals surface area contributed by atoms with Gasteiger partial charge in [0.2, 0.25) is 0 Å². The van der Waals surface area contributed by atoms with E-state index in [1.54, 1.807) is 0 Å². The molecule has 3 nitrogen and oxygen atoms in total. The minimum atomic E-state index is -4.52. The van der Waals surface area contributed by atoms with Crippen LogP contribution in [0.15, 0.2) is 18.2 Å². The standard InChI is InChI=1S/C10H7ClF3NO2.ClH/c11-7-2-1-5(3-6(7)10(12,13)14)8-4-17-9(16)15-8;/h1-3,8H,4H2,(H,15,16);1H/t8-;/m0./s1. The maximum absolute atomic E-state index is 12.6. The number of ether oxygens (including phenoxy) is 1. The Kier molecular flexibility index (Phi) is 4.34. The van der Waals surface area contributed by atoms with Crippen molar-refractivity contribution in [3.63, 3.8) is 0 Å². The van der Waals surface area contributed by atoms with Gasteiger partial charge in [0.15, 0.2) is 0 Å². The van der Waals surface area contributed by atoms with Crippen LogP contribution in [0, 0.1) is 0 Å². The molecule has 1 fully saturated rings. The zero-order valence-electron chi connectivity index (χ0n) is 8.75. The molecule has 1 N–H and O–H groups in total. The van der Waals surface area contributed by atoms with Crippen LogP contribution in [0.4, 0.5) is 18.0 Å². The second kappa shape index (κ2) is 5.24. The molecule has 1 aromatic carbocycles. The van der Waals surface area contributed by atoms with Crippen LogP contribution in [0.1, 0.15) is 17.2 Å². The molecule has 1 aliphatic rings. The fourth-order valence-electron chi connectivity index (χ4n) is 1.54. The van der Waals surface area contributed by atoms with E-state index in [0.717, 1.165) is 12.1 Å². The lowest BCUT2D eigenvalue weighted by Crippen LogP contribution is -2.19. The molecule has 1 saturated heterocycles. The van der Waals surface area contributed by atoms with Crippen LogP contribution in [0.2, 0.25) is 5.02 Å². The van der Waals surface area contributed by atoms with E-state index in [1.807, 2.05) is 0 Å². The number of rotatable bonds is 1. The lowest BCUT2D eigenvalue weighted by Gasteiger charge is -2.13. The van der Waals surface area contributed by atoms with Crippen LogP contribution in [0.3, 0.4) is 0 Å². The first-order valence-electron chi connectivity index (χ1n) is 4.68. The van der Waals surface area contributed by atoms with Crippen molar-refractivity contribution in [1.82, 2.24) is 5.32 Å². The van der Waals surface area contributed by atoms with Crippen molar-refractivity contribution < 1.29 is 22.7 Å². The van der Waals surface area contributed by atoms with Crippen LogP contribution in [-0.4, -0.2) is 12.7 Å². The Morgan fingerprint density at radius 1 is 1.39 bits per heavy atom. The van der Waals surface area contributed by atoms with Crippen LogP contribution in [0.5, 0.6) is 0 Å². The Balaban J connectivity index is 0.00000162. The molecule has 8 heteroatoms. The van der Waals surface area contributed by atoms with Gasteiger partial charge in [0, 0.05) is 0 Å². The average molecular weight is 302 g/mol. The molecular weight excluding hydrogens is 294 g/mol. The molecule has 1 aliphatic heterocycles. The van der Waals surface area contributed by atoms with Crippen LogP contribution >= 0.6 is 24.0 Å². The number of alkyl halides is 3. The summed E-state index contributed by atoms with van der Waals surface area (Å²) in [5.74, 6) is 0. The molecule has 1 heterocycles. The van der Waals surface area contributed by atoms with Gasteiger partial charge in [-0.3, -0.25) is 0 Å². The highest BCUT2D eigenvalue weighted by molar-refractivity contribution is 6.31. The molecule has 18 heavy (non-hydrogen) atoms. The number of alkyl carbamates (subject to hydrolysis) is 1. The third-order valence-corrected chi connectivity index (χ3v) is 2.70. The Morgan fingerprint density at radius 2 is 2.06 bits per heavy atom. The predicted octanol–water partition coefficient (Wildman–Crippen LogP) is 3.56. The van der Waals surface area contributed by atoms with Crippen molar-refractivity contribution >= 4 is 30.1 Å². The summed E-state index contributed by atoms with van der Waals surface area (Å²) in [4.78, 5) is 10.8. The van der Waals surface area contributed by atoms with Crippen molar-refractivity contribution in [2.75, 3.05) is 6.61 Å². The van der Waals surface area contributed by atoms with Crippen LogP contribution in [-0.2, 0) is 10.9 Å². The smallest absolute Gasteiger partial charge is 0.417 e. The maximum atomic E-state index is 12.6. The van der Waals surface area contributed by atoms with E-state index in [2.05, 4.69) is 10.1 Å². The molecule has 0 spiro atoms. The van der Waals surface area contributed by atoms with Crippen molar-refractivity contribution in [2.24, 2.45) is 0 Å². The molecule has 0 aliphatic carbocycles. The summed E-state index contributed by atoms with van der Waals surface area (Å²) in [6.45, 7) is 0.0117. The van der Waals surface area contributed by atoms with Gasteiger partial charge in [-0.1, -0.05) is 17.7 Å². The van der Waals surface area contributed by atoms with Crippen LogP contribution < -0.4 is 5.32 Å². The van der Waals surface area contributed by atoms with E-state index >= 15 is 0 Å². The van der Waals surface area contributed by atoms with E-state index < -0.39 is 23.9 Å². The van der Waals surface area contributed by atoms with E-state index in [9.17, 15) is 18.0 Å². The van der Waals surface area contributed by atoms with Crippen molar-refractivity contribution in [3.8, 4) is 0 Å². The molecule has 2 rings (SSSR count). The third kappa shape index (κ3) is 3.00. The topological polar surface area (TPSA) is 38.3 Å². The number of halogens is 5. The molecule has 1 atom stereocenters. The number of amides is 1. The van der Waals surface area contributed by atoms with E-state index in [-0.39, 0.29) is 24.0 Å². The fourth-order valence-corrected chi connectivity index (χ4v) is 1.77. The van der Waals surface area contributed by atoms with Crippen molar-refractivity contribution in [3.05, 3.63) is 34.3 Å². The molecule has 0 radical (unpaired) electrons. The molecule has 1 amide bonds. The lowest BCUT2D eigenvalue weighted by atomic mass is 10.0. The van der Waals surface area contributed by atoms with Gasteiger partial charge in [0.05, 0.1) is 16.6 Å². The largest absolute Gasteiger partial charge is 0.447 e. The molecule has 0 saturated carbocycles. The van der Waals surface area contributed by atoms with Gasteiger partial charge < -0.3 is 10.1 Å². The highest BCUT2D eigenvalue weighted by atomic mass is 35.5. The van der Waals surface area contributed by atoms with Crippen molar-refractivity contribution in [2.45, 2.75) is 12.2 Å². The number of carbonyl (C=O) groups excluding carboxylic acids is 1. The number of benzene rings is 1. The molecule has 0 aromatic heterocycles. The zero-order chi connectivity index (χ0) is 12.6. The minimum Gasteiger partial charge on any atom is -0.447 e. The number of nitrogens with one attached hydrogen (secondary N) is 1. The summed E-state index contributed by atoms with van der Waals surface area (Å²) in [5, 5.41) is 2.03. The first-order valence-corrected chi connectivity index (χ1v) is 5.05. The summed E-state index contributed by atoms with van der Waals surface area (Å²) >= 11 is 5.48. The van der Waals surface area contributed by atoms with Gasteiger partial charge >= 0.3 is 12.3 Å². The number of hydrogen-bond donors (Lipinski definition) is 1. The summed E-state index contributed by atoms with van der Waals surface area (Å²) in [7, 11) is 0. The number of carbonyl (C=O) groups is 1. The molecule has 0 bridgehead atoms. The summed E-state index contributed by atoms with van der Waals surface area (Å²) in [6, 6.07) is 2.93. The normalized spacial score (nSPS) is 18.9. The summed E-state index contributed by atoms with van der Waals surface area (Å²) in [6.07, 6.45) is -5.16. The predicted molar refractivity (Wildman–Crippen MR) is 60.9 cm³/mol. The lowest BCUT2D eigenvalue weighted by molar-refractivity contribution is -0.137. The Labute approximate surface area is 112 Å². The fraction of sp³-hybridized carbons (Fsp3) is 0.300. The Morgan fingerprint density at radius 3 is 2.56 bits per heavy atom. The number of cyclic esters (lactones) is 1. The summed E-state index contributed by atoms with van der Waals surface area (Å²) in [5.41, 5.74) is -0.606. The molecule has 100 valence electrons. The highest BCUT2D eigenvalue weighted by Crippen LogP contribution is 2.36. The van der Waals surface area contributed by atoms with E-state index in [1.165, 1.54) is 6.07 Å². The monoisotopic (exact) mass is 301 g/mol. The van der Waals surface area contributed by atoms with Gasteiger partial charge in [-0.15, -0.1) is 12.4 Å². The Bertz CT molecular complexity index is 465. The van der Waals surface area contributed by atoms with E-state index in [0.29, 0.717) is 5.56 Å². The zero-order valence-corrected chi connectivity index (χ0v) is 10.3. The van der Waals surface area contributed by atoms with Gasteiger partial charge in [0.1, 0.15) is 6.61 Å². The first-order chi connectivity index (χ1) is 7.88. The highest BCUT2D eigenvalue weighted by Gasteiger charge is 2.34. The average Bonchev–Trinajstić information content (AvgIpc) is 2.64. The maximum Gasteiger partial charge on any atom is 0.417 e. The van der Waals surface area contributed by atoms with Gasteiger partial charge in [-0.25, -0.2) is 4.79 Å². The van der Waals surface area contributed by atoms with Gasteiger partial charge in [-0.2, -0.15) is 13.2 Å². The second-order valence-corrected chi connectivity index (χ2v) is 3.94. The SMILES string of the molecule is Cl.O=C1N[C@H](c2ccc(Cl)c(C(F)(F)F)c2)CO1. The summed E-state index contributed by atoms with van der Waals surface area (Å²) < 4.78 is 42.4. The van der Waals surface area contributed by atoms with Crippen LogP contribution in [0.25, 0.3) is 0 Å². The Hall–Kier alpha value is -1.14. The third-order valence-electron chi connectivity index (χ3n) is 2.37.